The average molecular weight is 282 g/mol. The summed E-state index contributed by atoms with van der Waals surface area (Å²) in [5.74, 6) is 0.174. The van der Waals surface area contributed by atoms with Gasteiger partial charge in [0.2, 0.25) is 11.8 Å². The first-order chi connectivity index (χ1) is 9.26. The first-order valence-corrected chi connectivity index (χ1v) is 7.85. The molecule has 0 radical (unpaired) electrons. The van der Waals surface area contributed by atoms with Gasteiger partial charge in [0.25, 0.3) is 0 Å². The number of unbranched alkanes of at least 4 members (excludes halogenated alkanes) is 2. The van der Waals surface area contributed by atoms with Crippen LogP contribution < -0.4 is 5.32 Å². The van der Waals surface area contributed by atoms with Crippen molar-refractivity contribution in [3.05, 3.63) is 0 Å². The SMILES string of the molecule is CCCCCC(C)(C)CN1CC(=O)NC(C(C)C)C1=O. The van der Waals surface area contributed by atoms with Gasteiger partial charge in [-0.2, -0.15) is 0 Å². The van der Waals surface area contributed by atoms with Crippen molar-refractivity contribution in [1.82, 2.24) is 10.2 Å². The van der Waals surface area contributed by atoms with E-state index in [2.05, 4.69) is 26.1 Å². The lowest BCUT2D eigenvalue weighted by Crippen LogP contribution is -2.61. The number of nitrogens with zero attached hydrogens (tertiary/aromatic N) is 1. The Balaban J connectivity index is 2.64. The van der Waals surface area contributed by atoms with Crippen molar-refractivity contribution in [2.45, 2.75) is 66.3 Å². The Morgan fingerprint density at radius 3 is 2.50 bits per heavy atom. The van der Waals surface area contributed by atoms with E-state index < -0.39 is 0 Å². The summed E-state index contributed by atoms with van der Waals surface area (Å²) in [5, 5.41) is 2.80. The molecule has 0 aromatic heterocycles. The molecule has 4 nitrogen and oxygen atoms in total. The summed E-state index contributed by atoms with van der Waals surface area (Å²) in [6, 6.07) is -0.359. The van der Waals surface area contributed by atoms with Crippen molar-refractivity contribution in [3.63, 3.8) is 0 Å². The fraction of sp³-hybridized carbons (Fsp3) is 0.875. The standard InChI is InChI=1S/C16H30N2O2/c1-6-7-8-9-16(4,5)11-18-10-13(19)17-14(12(2)3)15(18)20/h12,14H,6-11H2,1-5H3,(H,17,19). The van der Waals surface area contributed by atoms with Gasteiger partial charge in [-0.25, -0.2) is 0 Å². The average Bonchev–Trinajstić information content (AvgIpc) is 2.32. The minimum atomic E-state index is -0.359. The third kappa shape index (κ3) is 4.80. The van der Waals surface area contributed by atoms with Crippen LogP contribution in [0.2, 0.25) is 0 Å². The number of rotatable bonds is 7. The van der Waals surface area contributed by atoms with Crippen molar-refractivity contribution in [1.29, 1.82) is 0 Å². The Labute approximate surface area is 123 Å². The lowest BCUT2D eigenvalue weighted by atomic mass is 9.85. The molecule has 0 spiro atoms. The van der Waals surface area contributed by atoms with Crippen molar-refractivity contribution in [2.75, 3.05) is 13.1 Å². The number of carbonyl (C=O) groups is 2. The number of carbonyl (C=O) groups excluding carboxylic acids is 2. The molecule has 1 N–H and O–H groups in total. The smallest absolute Gasteiger partial charge is 0.245 e. The highest BCUT2D eigenvalue weighted by molar-refractivity contribution is 5.95. The Kier molecular flexibility index (Phi) is 6.03. The molecule has 4 heteroatoms. The maximum Gasteiger partial charge on any atom is 0.245 e. The van der Waals surface area contributed by atoms with Gasteiger partial charge in [0.15, 0.2) is 0 Å². The number of piperazine rings is 1. The zero-order valence-electron chi connectivity index (χ0n) is 13.7. The third-order valence-electron chi connectivity index (χ3n) is 3.97. The molecule has 1 heterocycles. The van der Waals surface area contributed by atoms with E-state index in [0.29, 0.717) is 6.54 Å². The Morgan fingerprint density at radius 1 is 1.30 bits per heavy atom. The summed E-state index contributed by atoms with van der Waals surface area (Å²) >= 11 is 0. The fourth-order valence-corrected chi connectivity index (χ4v) is 2.76. The molecule has 0 saturated carbocycles. The lowest BCUT2D eigenvalue weighted by molar-refractivity contribution is -0.147. The van der Waals surface area contributed by atoms with Crippen LogP contribution in [0.4, 0.5) is 0 Å². The number of hydrogen-bond acceptors (Lipinski definition) is 2. The zero-order chi connectivity index (χ0) is 15.3. The highest BCUT2D eigenvalue weighted by Gasteiger charge is 2.36. The third-order valence-corrected chi connectivity index (χ3v) is 3.97. The maximum atomic E-state index is 12.4. The number of nitrogens with one attached hydrogen (secondary N) is 1. The largest absolute Gasteiger partial charge is 0.343 e. The van der Waals surface area contributed by atoms with Crippen LogP contribution in [0.5, 0.6) is 0 Å². The summed E-state index contributed by atoms with van der Waals surface area (Å²) in [5.41, 5.74) is 0.0734. The molecule has 1 aliphatic rings. The monoisotopic (exact) mass is 282 g/mol. The van der Waals surface area contributed by atoms with Crippen LogP contribution in [-0.2, 0) is 9.59 Å². The van der Waals surface area contributed by atoms with E-state index in [9.17, 15) is 9.59 Å². The van der Waals surface area contributed by atoms with Crippen LogP contribution >= 0.6 is 0 Å². The van der Waals surface area contributed by atoms with E-state index >= 15 is 0 Å². The van der Waals surface area contributed by atoms with Gasteiger partial charge in [-0.15, -0.1) is 0 Å². The van der Waals surface area contributed by atoms with Crippen molar-refractivity contribution < 1.29 is 9.59 Å². The van der Waals surface area contributed by atoms with Crippen LogP contribution in [-0.4, -0.2) is 35.8 Å². The number of amides is 2. The normalized spacial score (nSPS) is 20.5. The molecule has 1 saturated heterocycles. The van der Waals surface area contributed by atoms with Gasteiger partial charge in [-0.05, 0) is 17.8 Å². The summed E-state index contributed by atoms with van der Waals surface area (Å²) in [6.07, 6.45) is 4.72. The second kappa shape index (κ2) is 7.09. The van der Waals surface area contributed by atoms with Crippen molar-refractivity contribution in [3.8, 4) is 0 Å². The molecule has 2 amide bonds. The van der Waals surface area contributed by atoms with Gasteiger partial charge in [0, 0.05) is 6.54 Å². The van der Waals surface area contributed by atoms with E-state index in [-0.39, 0.29) is 35.7 Å². The quantitative estimate of drug-likeness (QED) is 0.730. The Bertz CT molecular complexity index is 350. The van der Waals surface area contributed by atoms with Gasteiger partial charge in [0.05, 0.1) is 6.54 Å². The molecule has 0 bridgehead atoms. The molecule has 1 unspecified atom stereocenters. The molecular formula is C16H30N2O2. The van der Waals surface area contributed by atoms with Crippen molar-refractivity contribution in [2.24, 2.45) is 11.3 Å². The van der Waals surface area contributed by atoms with Crippen LogP contribution in [0.15, 0.2) is 0 Å². The predicted molar refractivity (Wildman–Crippen MR) is 81.3 cm³/mol. The Morgan fingerprint density at radius 2 is 1.95 bits per heavy atom. The van der Waals surface area contributed by atoms with E-state index in [1.165, 1.54) is 19.3 Å². The second-order valence-corrected chi connectivity index (χ2v) is 7.10. The maximum absolute atomic E-state index is 12.4. The topological polar surface area (TPSA) is 49.4 Å². The molecule has 1 fully saturated rings. The van der Waals surface area contributed by atoms with Crippen LogP contribution in [0.3, 0.4) is 0 Å². The lowest BCUT2D eigenvalue weighted by Gasteiger charge is -2.39. The summed E-state index contributed by atoms with van der Waals surface area (Å²) < 4.78 is 0. The van der Waals surface area contributed by atoms with Gasteiger partial charge in [-0.1, -0.05) is 53.9 Å². The molecule has 116 valence electrons. The molecule has 1 atom stereocenters. The fourth-order valence-electron chi connectivity index (χ4n) is 2.76. The van der Waals surface area contributed by atoms with Crippen LogP contribution in [0.25, 0.3) is 0 Å². The molecule has 0 aromatic rings. The summed E-state index contributed by atoms with van der Waals surface area (Å²) in [4.78, 5) is 26.0. The van der Waals surface area contributed by atoms with E-state index in [4.69, 9.17) is 0 Å². The molecule has 1 aliphatic heterocycles. The first-order valence-electron chi connectivity index (χ1n) is 7.85. The summed E-state index contributed by atoms with van der Waals surface area (Å²) in [7, 11) is 0. The van der Waals surface area contributed by atoms with E-state index in [1.54, 1.807) is 4.90 Å². The number of hydrogen-bond donors (Lipinski definition) is 1. The molecular weight excluding hydrogens is 252 g/mol. The highest BCUT2D eigenvalue weighted by atomic mass is 16.2. The highest BCUT2D eigenvalue weighted by Crippen LogP contribution is 2.26. The van der Waals surface area contributed by atoms with E-state index in [1.807, 2.05) is 13.8 Å². The van der Waals surface area contributed by atoms with E-state index in [0.717, 1.165) is 6.42 Å². The van der Waals surface area contributed by atoms with Gasteiger partial charge in [0.1, 0.15) is 6.04 Å². The Hall–Kier alpha value is -1.06. The molecule has 1 rings (SSSR count). The van der Waals surface area contributed by atoms with Crippen molar-refractivity contribution >= 4 is 11.8 Å². The van der Waals surface area contributed by atoms with Crippen LogP contribution in [0, 0.1) is 11.3 Å². The molecule has 20 heavy (non-hydrogen) atoms. The van der Waals surface area contributed by atoms with Gasteiger partial charge < -0.3 is 10.2 Å². The minimum absolute atomic E-state index is 0.0346. The van der Waals surface area contributed by atoms with Crippen LogP contribution in [0.1, 0.15) is 60.3 Å². The van der Waals surface area contributed by atoms with Gasteiger partial charge >= 0.3 is 0 Å². The second-order valence-electron chi connectivity index (χ2n) is 7.10. The molecule has 0 aliphatic carbocycles. The predicted octanol–water partition coefficient (Wildman–Crippen LogP) is 2.58. The summed E-state index contributed by atoms with van der Waals surface area (Å²) in [6.45, 7) is 11.4. The zero-order valence-corrected chi connectivity index (χ0v) is 13.7. The molecule has 0 aromatic carbocycles. The first kappa shape index (κ1) is 17.0. The van der Waals surface area contributed by atoms with Gasteiger partial charge in [-0.3, -0.25) is 9.59 Å². The minimum Gasteiger partial charge on any atom is -0.343 e.